The lowest BCUT2D eigenvalue weighted by atomic mass is 9.98. The summed E-state index contributed by atoms with van der Waals surface area (Å²) < 4.78 is 5.49. The highest BCUT2D eigenvalue weighted by Crippen LogP contribution is 2.44. The van der Waals surface area contributed by atoms with Gasteiger partial charge in [-0.2, -0.15) is 0 Å². The zero-order valence-electron chi connectivity index (χ0n) is 20.1. The van der Waals surface area contributed by atoms with Crippen LogP contribution in [0.1, 0.15) is 43.7 Å². The van der Waals surface area contributed by atoms with Crippen molar-refractivity contribution in [1.29, 1.82) is 0 Å². The van der Waals surface area contributed by atoms with Crippen LogP contribution in [-0.4, -0.2) is 66.2 Å². The van der Waals surface area contributed by atoms with Crippen LogP contribution in [0, 0.1) is 0 Å². The van der Waals surface area contributed by atoms with Crippen molar-refractivity contribution in [2.75, 3.05) is 20.2 Å². The first-order valence-corrected chi connectivity index (χ1v) is 11.5. The van der Waals surface area contributed by atoms with Gasteiger partial charge in [0.25, 0.3) is 0 Å². The van der Waals surface area contributed by atoms with Crippen LogP contribution in [0.3, 0.4) is 0 Å². The lowest BCUT2D eigenvalue weighted by Crippen LogP contribution is -2.50. The van der Waals surface area contributed by atoms with Gasteiger partial charge in [0.05, 0.1) is 6.54 Å². The number of alkyl carbamates (subject to hydrolysis) is 1. The summed E-state index contributed by atoms with van der Waals surface area (Å²) in [5.74, 6) is -2.17. The Labute approximate surface area is 204 Å². The first-order valence-electron chi connectivity index (χ1n) is 11.5. The summed E-state index contributed by atoms with van der Waals surface area (Å²) in [6, 6.07) is 14.6. The highest BCUT2D eigenvalue weighted by molar-refractivity contribution is 5.89. The van der Waals surface area contributed by atoms with Crippen molar-refractivity contribution in [2.24, 2.45) is 0 Å². The van der Waals surface area contributed by atoms with Gasteiger partial charge in [0.1, 0.15) is 12.6 Å². The number of carbonyl (C=O) groups is 4. The number of aliphatic carboxylic acids is 1. The third-order valence-corrected chi connectivity index (χ3v) is 5.79. The van der Waals surface area contributed by atoms with E-state index in [1.54, 1.807) is 13.8 Å². The number of hydrogen-bond acceptors (Lipinski definition) is 5. The standard InChI is InChI=1S/C26H31N3O6/c1-16(2)27-23(30)14-29(3)25(33)22(12-13-24(31)32)28-26(34)35-15-21-19-10-6-4-8-17(19)18-9-5-7-11-20(18)21/h4-11,16,21-22H,12-15H2,1-3H3,(H,27,30)(H,28,34)(H,31,32). The van der Waals surface area contributed by atoms with E-state index in [4.69, 9.17) is 9.84 Å². The molecule has 0 aromatic heterocycles. The summed E-state index contributed by atoms with van der Waals surface area (Å²) in [4.78, 5) is 49.8. The van der Waals surface area contributed by atoms with E-state index in [9.17, 15) is 19.2 Å². The van der Waals surface area contributed by atoms with Crippen LogP contribution in [-0.2, 0) is 19.1 Å². The summed E-state index contributed by atoms with van der Waals surface area (Å²) in [6.45, 7) is 3.45. The van der Waals surface area contributed by atoms with E-state index in [1.165, 1.54) is 7.05 Å². The van der Waals surface area contributed by atoms with Crippen molar-refractivity contribution in [3.63, 3.8) is 0 Å². The molecule has 0 saturated heterocycles. The van der Waals surface area contributed by atoms with Gasteiger partial charge in [0.15, 0.2) is 0 Å². The van der Waals surface area contributed by atoms with E-state index < -0.39 is 24.0 Å². The Bertz CT molecular complexity index is 1050. The number of benzene rings is 2. The summed E-state index contributed by atoms with van der Waals surface area (Å²) in [5.41, 5.74) is 4.28. The maximum Gasteiger partial charge on any atom is 0.407 e. The van der Waals surface area contributed by atoms with Crippen LogP contribution in [0.15, 0.2) is 48.5 Å². The Hall–Kier alpha value is -3.88. The smallest absolute Gasteiger partial charge is 0.407 e. The van der Waals surface area contributed by atoms with Gasteiger partial charge in [0.2, 0.25) is 11.8 Å². The molecule has 1 aliphatic carbocycles. The number of carboxylic acids is 1. The summed E-state index contributed by atoms with van der Waals surface area (Å²) in [5, 5.41) is 14.2. The molecule has 1 aliphatic rings. The first kappa shape index (κ1) is 25.7. The number of amides is 3. The summed E-state index contributed by atoms with van der Waals surface area (Å²) >= 11 is 0. The molecule has 2 aromatic rings. The van der Waals surface area contributed by atoms with Crippen molar-refractivity contribution >= 4 is 23.9 Å². The molecule has 186 valence electrons. The van der Waals surface area contributed by atoms with Crippen molar-refractivity contribution in [3.8, 4) is 11.1 Å². The molecule has 0 spiro atoms. The Morgan fingerprint density at radius 3 is 2.09 bits per heavy atom. The van der Waals surface area contributed by atoms with Crippen molar-refractivity contribution in [2.45, 2.75) is 44.7 Å². The molecular formula is C26H31N3O6. The van der Waals surface area contributed by atoms with E-state index in [0.29, 0.717) is 0 Å². The minimum atomic E-state index is -1.14. The van der Waals surface area contributed by atoms with Gasteiger partial charge >= 0.3 is 12.1 Å². The average Bonchev–Trinajstić information content (AvgIpc) is 3.13. The van der Waals surface area contributed by atoms with Gasteiger partial charge in [-0.25, -0.2) is 4.79 Å². The molecular weight excluding hydrogens is 450 g/mol. The number of likely N-dealkylation sites (N-methyl/N-ethyl adjacent to an activating group) is 1. The van der Waals surface area contributed by atoms with Crippen LogP contribution in [0.2, 0.25) is 0 Å². The van der Waals surface area contributed by atoms with Gasteiger partial charge in [-0.1, -0.05) is 48.5 Å². The number of carbonyl (C=O) groups excluding carboxylic acids is 3. The fourth-order valence-corrected chi connectivity index (χ4v) is 4.23. The molecule has 3 rings (SSSR count). The van der Waals surface area contributed by atoms with Crippen LogP contribution >= 0.6 is 0 Å². The second-order valence-corrected chi connectivity index (χ2v) is 8.87. The highest BCUT2D eigenvalue weighted by Gasteiger charge is 2.30. The second kappa shape index (κ2) is 11.5. The van der Waals surface area contributed by atoms with E-state index in [-0.39, 0.29) is 43.9 Å². The Balaban J connectivity index is 1.65. The van der Waals surface area contributed by atoms with Crippen molar-refractivity contribution < 1.29 is 29.0 Å². The quantitative estimate of drug-likeness (QED) is 0.479. The van der Waals surface area contributed by atoms with Crippen LogP contribution in [0.25, 0.3) is 11.1 Å². The lowest BCUT2D eigenvalue weighted by Gasteiger charge is -2.24. The molecule has 0 saturated carbocycles. The van der Waals surface area contributed by atoms with Gasteiger partial charge < -0.3 is 25.4 Å². The molecule has 3 amide bonds. The molecule has 9 nitrogen and oxygen atoms in total. The predicted molar refractivity (Wildman–Crippen MR) is 130 cm³/mol. The largest absolute Gasteiger partial charge is 0.481 e. The van der Waals surface area contributed by atoms with Crippen LogP contribution < -0.4 is 10.6 Å². The van der Waals surface area contributed by atoms with E-state index in [1.807, 2.05) is 48.5 Å². The first-order chi connectivity index (χ1) is 16.7. The number of hydrogen-bond donors (Lipinski definition) is 3. The molecule has 0 heterocycles. The number of rotatable bonds is 10. The second-order valence-electron chi connectivity index (χ2n) is 8.87. The molecule has 35 heavy (non-hydrogen) atoms. The SMILES string of the molecule is CC(C)NC(=O)CN(C)C(=O)C(CCC(=O)O)NC(=O)OCC1c2ccccc2-c2ccccc21. The molecule has 2 aromatic carbocycles. The maximum absolute atomic E-state index is 12.9. The lowest BCUT2D eigenvalue weighted by molar-refractivity contribution is -0.139. The number of nitrogens with one attached hydrogen (secondary N) is 2. The highest BCUT2D eigenvalue weighted by atomic mass is 16.5. The minimum absolute atomic E-state index is 0.0618. The molecule has 1 unspecified atom stereocenters. The monoisotopic (exact) mass is 481 g/mol. The molecule has 9 heteroatoms. The van der Waals surface area contributed by atoms with E-state index in [0.717, 1.165) is 27.2 Å². The van der Waals surface area contributed by atoms with Gasteiger partial charge in [-0.15, -0.1) is 0 Å². The summed E-state index contributed by atoms with van der Waals surface area (Å²) in [7, 11) is 1.43. The fourth-order valence-electron chi connectivity index (χ4n) is 4.23. The molecule has 3 N–H and O–H groups in total. The van der Waals surface area contributed by atoms with Gasteiger partial charge in [-0.3, -0.25) is 14.4 Å². The predicted octanol–water partition coefficient (Wildman–Crippen LogP) is 2.74. The van der Waals surface area contributed by atoms with Crippen molar-refractivity contribution in [3.05, 3.63) is 59.7 Å². The van der Waals surface area contributed by atoms with Gasteiger partial charge in [0, 0.05) is 25.4 Å². The third-order valence-electron chi connectivity index (χ3n) is 5.79. The van der Waals surface area contributed by atoms with Gasteiger partial charge in [-0.05, 0) is 42.5 Å². The normalized spacial score (nSPS) is 12.9. The minimum Gasteiger partial charge on any atom is -0.481 e. The van der Waals surface area contributed by atoms with Crippen molar-refractivity contribution in [1.82, 2.24) is 15.5 Å². The third kappa shape index (κ3) is 6.59. The van der Waals surface area contributed by atoms with Crippen LogP contribution in [0.4, 0.5) is 4.79 Å². The molecule has 1 atom stereocenters. The maximum atomic E-state index is 12.9. The van der Waals surface area contributed by atoms with E-state index >= 15 is 0 Å². The van der Waals surface area contributed by atoms with Crippen LogP contribution in [0.5, 0.6) is 0 Å². The van der Waals surface area contributed by atoms with E-state index in [2.05, 4.69) is 10.6 Å². The molecule has 0 radical (unpaired) electrons. The fraction of sp³-hybridized carbons (Fsp3) is 0.385. The number of fused-ring (bicyclic) bond motifs is 3. The molecule has 0 fully saturated rings. The zero-order valence-corrected chi connectivity index (χ0v) is 20.1. The Morgan fingerprint density at radius 1 is 0.971 bits per heavy atom. The topological polar surface area (TPSA) is 125 Å². The zero-order chi connectivity index (χ0) is 25.5. The Morgan fingerprint density at radius 2 is 1.54 bits per heavy atom. The average molecular weight is 482 g/mol. The number of ether oxygens (including phenoxy) is 1. The molecule has 0 aliphatic heterocycles. The Kier molecular flexibility index (Phi) is 8.46. The number of carboxylic acid groups (broad SMARTS) is 1. The summed E-state index contributed by atoms with van der Waals surface area (Å²) in [6.07, 6.45) is -1.28. The number of nitrogens with zero attached hydrogens (tertiary/aromatic N) is 1. The molecule has 0 bridgehead atoms.